The first-order chi connectivity index (χ1) is 12.2. The van der Waals surface area contributed by atoms with E-state index in [1.165, 1.54) is 0 Å². The first kappa shape index (κ1) is 23.9. The molecule has 26 heavy (non-hydrogen) atoms. The Kier molecular flexibility index (Phi) is 9.55. The fraction of sp³-hybridized carbons (Fsp3) is 1.00. The minimum atomic E-state index is -0.805. The average molecular weight is 373 g/mol. The topological polar surface area (TPSA) is 36.9 Å². The molecule has 1 rings (SSSR count). The van der Waals surface area contributed by atoms with Gasteiger partial charge in [-0.1, -0.05) is 54.4 Å². The molecule has 1 fully saturated rings. The van der Waals surface area contributed by atoms with Crippen molar-refractivity contribution in [3.05, 3.63) is 0 Å². The van der Waals surface area contributed by atoms with Gasteiger partial charge in [0.05, 0.1) is 0 Å². The Balaban J connectivity index is 2.86. The molecule has 0 radical (unpaired) electrons. The van der Waals surface area contributed by atoms with Gasteiger partial charge < -0.3 is 0 Å². The van der Waals surface area contributed by atoms with Crippen LogP contribution in [0.5, 0.6) is 0 Å². The van der Waals surface area contributed by atoms with Crippen molar-refractivity contribution < 1.29 is 19.6 Å². The van der Waals surface area contributed by atoms with Crippen molar-refractivity contribution in [2.75, 3.05) is 0 Å². The molecule has 0 bridgehead atoms. The number of hydrogen-bond donors (Lipinski definition) is 0. The van der Waals surface area contributed by atoms with Crippen molar-refractivity contribution >= 4 is 0 Å². The maximum atomic E-state index is 6.07. The third-order valence-corrected chi connectivity index (χ3v) is 6.43. The second-order valence-electron chi connectivity index (χ2n) is 9.05. The van der Waals surface area contributed by atoms with Gasteiger partial charge in [0, 0.05) is 12.8 Å². The molecule has 156 valence electrons. The third kappa shape index (κ3) is 6.78. The monoisotopic (exact) mass is 372 g/mol. The molecule has 4 unspecified atom stereocenters. The highest BCUT2D eigenvalue weighted by Crippen LogP contribution is 2.42. The molecule has 4 nitrogen and oxygen atoms in total. The van der Waals surface area contributed by atoms with Crippen molar-refractivity contribution in [3.63, 3.8) is 0 Å². The highest BCUT2D eigenvalue weighted by atomic mass is 17.3. The Hall–Kier alpha value is -0.160. The van der Waals surface area contributed by atoms with E-state index in [-0.39, 0.29) is 11.2 Å². The van der Waals surface area contributed by atoms with E-state index in [1.54, 1.807) is 0 Å². The molecule has 0 amide bonds. The Morgan fingerprint density at radius 2 is 1.27 bits per heavy atom. The van der Waals surface area contributed by atoms with Crippen LogP contribution in [0.3, 0.4) is 0 Å². The number of rotatable bonds is 12. The first-order valence-electron chi connectivity index (χ1n) is 10.9. The van der Waals surface area contributed by atoms with Crippen LogP contribution in [-0.2, 0) is 19.6 Å². The quantitative estimate of drug-likeness (QED) is 0.210. The predicted octanol–water partition coefficient (Wildman–Crippen LogP) is 6.97. The van der Waals surface area contributed by atoms with E-state index in [4.69, 9.17) is 19.6 Å². The Bertz CT molecular complexity index is 376. The van der Waals surface area contributed by atoms with Crippen LogP contribution in [0.2, 0.25) is 0 Å². The molecule has 0 spiro atoms. The molecular weight excluding hydrogens is 328 g/mol. The van der Waals surface area contributed by atoms with Gasteiger partial charge in [0.25, 0.3) is 0 Å². The van der Waals surface area contributed by atoms with Crippen LogP contribution in [0.15, 0.2) is 0 Å². The molecule has 0 aromatic heterocycles. The van der Waals surface area contributed by atoms with Crippen LogP contribution in [0.25, 0.3) is 0 Å². The van der Waals surface area contributed by atoms with Gasteiger partial charge in [0.15, 0.2) is 0 Å². The van der Waals surface area contributed by atoms with Crippen molar-refractivity contribution in [1.82, 2.24) is 0 Å². The van der Waals surface area contributed by atoms with Gasteiger partial charge >= 0.3 is 0 Å². The van der Waals surface area contributed by atoms with Crippen LogP contribution in [-0.4, -0.2) is 17.0 Å². The molecular formula is C22H44O4. The second-order valence-corrected chi connectivity index (χ2v) is 9.05. The second kappa shape index (κ2) is 10.4. The molecule has 0 aliphatic heterocycles. The lowest BCUT2D eigenvalue weighted by Gasteiger charge is -2.43. The van der Waals surface area contributed by atoms with Gasteiger partial charge in [-0.15, -0.1) is 0 Å². The lowest BCUT2D eigenvalue weighted by molar-refractivity contribution is -0.553. The summed E-state index contributed by atoms with van der Waals surface area (Å²) < 4.78 is 0. The van der Waals surface area contributed by atoms with Crippen molar-refractivity contribution in [2.24, 2.45) is 11.8 Å². The van der Waals surface area contributed by atoms with E-state index in [2.05, 4.69) is 55.4 Å². The zero-order valence-electron chi connectivity index (χ0n) is 18.7. The molecule has 0 saturated heterocycles. The van der Waals surface area contributed by atoms with Crippen molar-refractivity contribution in [1.29, 1.82) is 0 Å². The minimum absolute atomic E-state index is 0.283. The molecule has 0 heterocycles. The van der Waals surface area contributed by atoms with Crippen molar-refractivity contribution in [3.8, 4) is 0 Å². The molecule has 4 heteroatoms. The van der Waals surface area contributed by atoms with Gasteiger partial charge in [0.2, 0.25) is 5.79 Å². The molecule has 1 saturated carbocycles. The lowest BCUT2D eigenvalue weighted by atomic mass is 9.78. The standard InChI is InChI=1S/C22H44O4/c1-9-14-20(7,11-3)23-25-22(16-13-18(5)19(6)17-22)26-24-21(8,12-4)15-10-2/h18-19H,9-17H2,1-8H3. The summed E-state index contributed by atoms with van der Waals surface area (Å²) in [5.74, 6) is 0.367. The van der Waals surface area contributed by atoms with E-state index in [0.717, 1.165) is 57.8 Å². The summed E-state index contributed by atoms with van der Waals surface area (Å²) in [6.07, 6.45) is 8.54. The van der Waals surface area contributed by atoms with E-state index in [0.29, 0.717) is 11.8 Å². The Morgan fingerprint density at radius 3 is 1.62 bits per heavy atom. The first-order valence-corrected chi connectivity index (χ1v) is 10.9. The summed E-state index contributed by atoms with van der Waals surface area (Å²) in [5.41, 5.74) is -0.566. The van der Waals surface area contributed by atoms with E-state index >= 15 is 0 Å². The highest BCUT2D eigenvalue weighted by molar-refractivity contribution is 4.82. The SMILES string of the molecule is CCCC(C)(CC)OOC1(OOC(C)(CC)CCC)CCC(C)C(C)C1. The van der Waals surface area contributed by atoms with Crippen LogP contribution < -0.4 is 0 Å². The Labute approximate surface area is 162 Å². The minimum Gasteiger partial charge on any atom is -0.227 e. The molecule has 4 atom stereocenters. The fourth-order valence-electron chi connectivity index (χ4n) is 3.66. The van der Waals surface area contributed by atoms with Crippen molar-refractivity contribution in [2.45, 2.75) is 130 Å². The predicted molar refractivity (Wildman–Crippen MR) is 106 cm³/mol. The van der Waals surface area contributed by atoms with E-state index in [1.807, 2.05) is 0 Å². The zero-order valence-corrected chi connectivity index (χ0v) is 18.7. The third-order valence-electron chi connectivity index (χ3n) is 6.43. The van der Waals surface area contributed by atoms with E-state index in [9.17, 15) is 0 Å². The highest BCUT2D eigenvalue weighted by Gasteiger charge is 2.45. The zero-order chi connectivity index (χ0) is 19.8. The van der Waals surface area contributed by atoms with Gasteiger partial charge in [-0.25, -0.2) is 9.78 Å². The smallest absolute Gasteiger partial charge is 0.227 e. The Morgan fingerprint density at radius 1 is 0.808 bits per heavy atom. The lowest BCUT2D eigenvalue weighted by Crippen LogP contribution is -2.47. The molecule has 1 aliphatic rings. The molecule has 0 aromatic rings. The number of hydrogen-bond acceptors (Lipinski definition) is 4. The average Bonchev–Trinajstić information content (AvgIpc) is 2.62. The van der Waals surface area contributed by atoms with Gasteiger partial charge in [-0.2, -0.15) is 9.78 Å². The van der Waals surface area contributed by atoms with Gasteiger partial charge in [-0.3, -0.25) is 0 Å². The summed E-state index contributed by atoms with van der Waals surface area (Å²) in [7, 11) is 0. The van der Waals surface area contributed by atoms with Gasteiger partial charge in [0.1, 0.15) is 11.2 Å². The summed E-state index contributed by atoms with van der Waals surface area (Å²) in [6.45, 7) is 17.4. The summed E-state index contributed by atoms with van der Waals surface area (Å²) >= 11 is 0. The normalized spacial score (nSPS) is 31.4. The largest absolute Gasteiger partial charge is 0.234 e. The molecule has 0 aromatic carbocycles. The summed E-state index contributed by atoms with van der Waals surface area (Å²) in [5, 5.41) is 0. The van der Waals surface area contributed by atoms with Gasteiger partial charge in [-0.05, 0) is 57.8 Å². The van der Waals surface area contributed by atoms with Crippen LogP contribution in [0.1, 0.15) is 113 Å². The fourth-order valence-corrected chi connectivity index (χ4v) is 3.66. The van der Waals surface area contributed by atoms with Crippen LogP contribution >= 0.6 is 0 Å². The van der Waals surface area contributed by atoms with Crippen LogP contribution in [0, 0.1) is 11.8 Å². The maximum absolute atomic E-state index is 6.07. The maximum Gasteiger partial charge on any atom is 0.234 e. The van der Waals surface area contributed by atoms with E-state index < -0.39 is 5.79 Å². The summed E-state index contributed by atoms with van der Waals surface area (Å²) in [4.78, 5) is 24.1. The summed E-state index contributed by atoms with van der Waals surface area (Å²) in [6, 6.07) is 0. The van der Waals surface area contributed by atoms with Crippen LogP contribution in [0.4, 0.5) is 0 Å². The molecule has 1 aliphatic carbocycles. The molecule has 0 N–H and O–H groups in total.